The van der Waals surface area contributed by atoms with Crippen LogP contribution in [0.15, 0.2) is 228 Å². The summed E-state index contributed by atoms with van der Waals surface area (Å²) in [5, 5.41) is 3.55. The number of furan rings is 1. The van der Waals surface area contributed by atoms with E-state index in [0.29, 0.717) is 17.6 Å². The highest BCUT2D eigenvalue weighted by Gasteiger charge is 2.46. The Bertz CT molecular complexity index is 3830. The van der Waals surface area contributed by atoms with E-state index in [0.717, 1.165) is 58.0 Å². The Morgan fingerprint density at radius 1 is 0.529 bits per heavy atom. The van der Waals surface area contributed by atoms with Gasteiger partial charge in [-0.15, -0.1) is 11.3 Å². The Kier molecular flexibility index (Phi) is 9.49. The minimum absolute atomic E-state index is 0.117. The van der Waals surface area contributed by atoms with Crippen LogP contribution < -0.4 is 4.90 Å². The highest BCUT2D eigenvalue weighted by Crippen LogP contribution is 2.57. The van der Waals surface area contributed by atoms with E-state index in [9.17, 15) is 0 Å². The second-order valence-electron chi connectivity index (χ2n) is 18.5. The molecule has 14 rings (SSSR count). The lowest BCUT2D eigenvalue weighted by atomic mass is 9.66. The largest absolute Gasteiger partial charge is 0.456 e. The van der Waals surface area contributed by atoms with Crippen LogP contribution in [0.3, 0.4) is 0 Å². The molecule has 1 atom stereocenters. The first kappa shape index (κ1) is 40.6. The average molecular weight is 917 g/mol. The first-order valence-corrected chi connectivity index (χ1v) is 25.0. The normalized spacial score (nSPS) is 15.5. The smallest absolute Gasteiger partial charge is 0.234 e. The lowest BCUT2D eigenvalue weighted by molar-refractivity contribution is 0.669. The number of anilines is 2. The third-order valence-corrected chi connectivity index (χ3v) is 15.9. The van der Waals surface area contributed by atoms with Gasteiger partial charge in [-0.05, 0) is 111 Å². The molecule has 0 fully saturated rings. The third kappa shape index (κ3) is 6.40. The van der Waals surface area contributed by atoms with E-state index in [4.69, 9.17) is 19.4 Å². The van der Waals surface area contributed by atoms with E-state index in [-0.39, 0.29) is 6.04 Å². The zero-order chi connectivity index (χ0) is 46.2. The van der Waals surface area contributed by atoms with Crippen molar-refractivity contribution in [2.75, 3.05) is 4.90 Å². The van der Waals surface area contributed by atoms with E-state index in [1.807, 2.05) is 59.9 Å². The van der Waals surface area contributed by atoms with Crippen molar-refractivity contribution in [3.8, 4) is 45.0 Å². The summed E-state index contributed by atoms with van der Waals surface area (Å²) in [6, 6.07) is 69.4. The molecule has 0 saturated carbocycles. The van der Waals surface area contributed by atoms with Crippen LogP contribution in [0.2, 0.25) is 0 Å². The van der Waals surface area contributed by atoms with Crippen molar-refractivity contribution in [2.24, 2.45) is 0 Å². The first-order chi connectivity index (χ1) is 34.7. The molecule has 0 aliphatic heterocycles. The Balaban J connectivity index is 0.929. The molecule has 0 radical (unpaired) electrons. The maximum atomic E-state index is 6.23. The molecular weight excluding hydrogens is 873 g/mol. The first-order valence-electron chi connectivity index (χ1n) is 24.2. The number of fused-ring (bicyclic) bond motifs is 9. The highest BCUT2D eigenvalue weighted by atomic mass is 32.1. The summed E-state index contributed by atoms with van der Waals surface area (Å²) < 4.78 is 7.52. The van der Waals surface area contributed by atoms with Crippen LogP contribution in [-0.2, 0) is 11.8 Å². The molecule has 0 amide bonds. The van der Waals surface area contributed by atoms with Gasteiger partial charge in [0.15, 0.2) is 11.6 Å². The molecule has 0 spiro atoms. The molecule has 3 heterocycles. The Morgan fingerprint density at radius 3 is 1.89 bits per heavy atom. The SMILES string of the molecule is C1=CC(C2(c3ccc(N(c4nc(-c5ccccc5)nc(-c5ccccc5)n4)C4C=Cc5sc6c(-c7ccc8oc9ccccc9c8c7)cccc6c5C4)cc3)c3ccccc3-c3ccccc32)=CCC1. The molecule has 0 bridgehead atoms. The molecule has 6 heteroatoms. The summed E-state index contributed by atoms with van der Waals surface area (Å²) in [7, 11) is 0. The third-order valence-electron chi connectivity index (χ3n) is 14.6. The molecule has 3 aliphatic rings. The van der Waals surface area contributed by atoms with Gasteiger partial charge in [-0.1, -0.05) is 188 Å². The van der Waals surface area contributed by atoms with Crippen molar-refractivity contribution >= 4 is 61.1 Å². The second kappa shape index (κ2) is 16.4. The summed E-state index contributed by atoms with van der Waals surface area (Å²) in [4.78, 5) is 19.5. The van der Waals surface area contributed by atoms with Crippen LogP contribution in [0.1, 0.15) is 40.0 Å². The van der Waals surface area contributed by atoms with Gasteiger partial charge in [0.05, 0.1) is 11.5 Å². The summed E-state index contributed by atoms with van der Waals surface area (Å²) in [5.41, 5.74) is 15.8. The maximum absolute atomic E-state index is 6.23. The van der Waals surface area contributed by atoms with Crippen LogP contribution >= 0.6 is 11.3 Å². The zero-order valence-corrected chi connectivity index (χ0v) is 39.0. The molecule has 0 saturated heterocycles. The fourth-order valence-corrected chi connectivity index (χ4v) is 12.7. The Labute approximate surface area is 410 Å². The fraction of sp³-hybridized carbons (Fsp3) is 0.0781. The number of thiophene rings is 1. The van der Waals surface area contributed by atoms with Gasteiger partial charge in [0, 0.05) is 37.2 Å². The van der Waals surface area contributed by atoms with Gasteiger partial charge in [-0.25, -0.2) is 4.98 Å². The van der Waals surface area contributed by atoms with Crippen molar-refractivity contribution < 1.29 is 4.42 Å². The van der Waals surface area contributed by atoms with Crippen molar-refractivity contribution in [3.63, 3.8) is 0 Å². The number of hydrogen-bond donors (Lipinski definition) is 0. The van der Waals surface area contributed by atoms with E-state index < -0.39 is 5.41 Å². The number of benzene rings is 8. The van der Waals surface area contributed by atoms with Gasteiger partial charge in [-0.2, -0.15) is 9.97 Å². The van der Waals surface area contributed by atoms with Gasteiger partial charge in [0.2, 0.25) is 5.95 Å². The summed E-state index contributed by atoms with van der Waals surface area (Å²) in [5.74, 6) is 1.87. The van der Waals surface area contributed by atoms with Crippen molar-refractivity contribution in [3.05, 3.63) is 251 Å². The Hall–Kier alpha value is -8.45. The number of hydrogen-bond acceptors (Lipinski definition) is 6. The molecule has 3 aliphatic carbocycles. The molecule has 8 aromatic carbocycles. The molecular formula is C64H44N4OS. The van der Waals surface area contributed by atoms with Crippen LogP contribution in [0.5, 0.6) is 0 Å². The Morgan fingerprint density at radius 2 is 1.17 bits per heavy atom. The summed E-state index contributed by atoms with van der Waals surface area (Å²) >= 11 is 1.87. The maximum Gasteiger partial charge on any atom is 0.234 e. The van der Waals surface area contributed by atoms with Gasteiger partial charge in [0.1, 0.15) is 11.2 Å². The van der Waals surface area contributed by atoms with Crippen molar-refractivity contribution in [1.29, 1.82) is 0 Å². The van der Waals surface area contributed by atoms with Gasteiger partial charge >= 0.3 is 0 Å². The predicted molar refractivity (Wildman–Crippen MR) is 289 cm³/mol. The molecule has 11 aromatic rings. The van der Waals surface area contributed by atoms with Crippen LogP contribution in [0.4, 0.5) is 11.6 Å². The molecule has 5 nitrogen and oxygen atoms in total. The van der Waals surface area contributed by atoms with E-state index in [1.54, 1.807) is 0 Å². The van der Waals surface area contributed by atoms with Gasteiger partial charge in [0.25, 0.3) is 0 Å². The minimum Gasteiger partial charge on any atom is -0.456 e. The number of rotatable bonds is 8. The average Bonchev–Trinajstić information content (AvgIpc) is 4.10. The number of nitrogens with zero attached hydrogens (tertiary/aromatic N) is 4. The molecule has 332 valence electrons. The monoisotopic (exact) mass is 916 g/mol. The summed E-state index contributed by atoms with van der Waals surface area (Å²) in [6.45, 7) is 0. The standard InChI is InChI=1S/C64H44N4OS/c1-4-17-41(18-5-1)61-65-62(42-19-6-2-7-20-42)67-63(66-61)68(46-34-32-45(33-35-46)64(44-21-8-3-9-22-44)55-28-13-10-23-49(55)50-24-11-14-29-56(50)64)47-36-38-59-54(40-47)52-27-16-26-48(60(52)70-59)43-31-37-58-53(39-43)51-25-12-15-30-57(51)69-58/h1-2,4-8,10-39,47H,3,9,40H2. The topological polar surface area (TPSA) is 55.1 Å². The fourth-order valence-electron chi connectivity index (χ4n) is 11.5. The van der Waals surface area contributed by atoms with Crippen LogP contribution in [-0.4, -0.2) is 21.0 Å². The van der Waals surface area contributed by atoms with Crippen molar-refractivity contribution in [2.45, 2.75) is 30.7 Å². The second-order valence-corrected chi connectivity index (χ2v) is 19.5. The summed E-state index contributed by atoms with van der Waals surface area (Å²) in [6.07, 6.45) is 14.7. The number of aromatic nitrogens is 3. The quantitative estimate of drug-likeness (QED) is 0.152. The molecule has 3 aromatic heterocycles. The molecule has 0 N–H and O–H groups in total. The van der Waals surface area contributed by atoms with Crippen LogP contribution in [0, 0.1) is 0 Å². The van der Waals surface area contributed by atoms with E-state index >= 15 is 0 Å². The number of para-hydroxylation sites is 1. The van der Waals surface area contributed by atoms with E-state index in [1.165, 1.54) is 65.0 Å². The minimum atomic E-state index is -0.468. The van der Waals surface area contributed by atoms with Gasteiger partial charge in [-0.3, -0.25) is 0 Å². The van der Waals surface area contributed by atoms with Gasteiger partial charge < -0.3 is 9.32 Å². The van der Waals surface area contributed by atoms with Crippen molar-refractivity contribution in [1.82, 2.24) is 15.0 Å². The van der Waals surface area contributed by atoms with Crippen LogP contribution in [0.25, 0.3) is 83.1 Å². The molecule has 70 heavy (non-hydrogen) atoms. The highest BCUT2D eigenvalue weighted by molar-refractivity contribution is 7.20. The lowest BCUT2D eigenvalue weighted by Crippen LogP contribution is -2.34. The van der Waals surface area contributed by atoms with E-state index in [2.05, 4.69) is 181 Å². The zero-order valence-electron chi connectivity index (χ0n) is 38.2. The number of allylic oxidation sites excluding steroid dienone is 4. The lowest BCUT2D eigenvalue weighted by Gasteiger charge is -2.36. The molecule has 1 unspecified atom stereocenters. The predicted octanol–water partition coefficient (Wildman–Crippen LogP) is 16.4.